The lowest BCUT2D eigenvalue weighted by Gasteiger charge is -2.22. The predicted molar refractivity (Wildman–Crippen MR) is 86.0 cm³/mol. The Kier molecular flexibility index (Phi) is 4.26. The summed E-state index contributed by atoms with van der Waals surface area (Å²) in [6, 6.07) is 4.47. The van der Waals surface area contributed by atoms with Crippen LogP contribution >= 0.6 is 11.3 Å². The molecule has 0 N–H and O–H groups in total. The molecule has 0 aromatic carbocycles. The number of likely N-dealkylation sites (N-methyl/N-ethyl adjacent to an activating group) is 1. The molecule has 2 aromatic heterocycles. The smallest absolute Gasteiger partial charge is 0.276 e. The Bertz CT molecular complexity index is 636. The number of carbonyl (C=O) groups is 1. The van der Waals surface area contributed by atoms with Crippen LogP contribution in [0.3, 0.4) is 0 Å². The zero-order valence-electron chi connectivity index (χ0n) is 13.1. The quantitative estimate of drug-likeness (QED) is 0.855. The highest BCUT2D eigenvalue weighted by Gasteiger charge is 2.34. The van der Waals surface area contributed by atoms with Gasteiger partial charge < -0.3 is 9.80 Å². The summed E-state index contributed by atoms with van der Waals surface area (Å²) in [6.45, 7) is 4.38. The molecule has 0 saturated carbocycles. The molecule has 3 heterocycles. The fourth-order valence-corrected chi connectivity index (χ4v) is 3.68. The second-order valence-electron chi connectivity index (χ2n) is 6.10. The number of thiophene rings is 1. The van der Waals surface area contributed by atoms with E-state index in [1.54, 1.807) is 22.2 Å². The van der Waals surface area contributed by atoms with Crippen LogP contribution in [0.25, 0.3) is 0 Å². The molecule has 0 spiro atoms. The molecule has 2 atom stereocenters. The topological polar surface area (TPSA) is 54.3 Å². The lowest BCUT2D eigenvalue weighted by Crippen LogP contribution is -2.35. The summed E-state index contributed by atoms with van der Waals surface area (Å²) in [7, 11) is 4.12. The van der Waals surface area contributed by atoms with E-state index in [-0.39, 0.29) is 5.91 Å². The van der Waals surface area contributed by atoms with Gasteiger partial charge in [0.05, 0.1) is 12.7 Å². The zero-order valence-corrected chi connectivity index (χ0v) is 14.0. The van der Waals surface area contributed by atoms with Crippen molar-refractivity contribution in [2.45, 2.75) is 19.5 Å². The minimum absolute atomic E-state index is 0.0198. The molecule has 6 nitrogen and oxygen atoms in total. The normalized spacial score (nSPS) is 21.7. The van der Waals surface area contributed by atoms with Gasteiger partial charge in [-0.25, -0.2) is 4.68 Å². The molecule has 3 rings (SSSR count). The molecule has 118 valence electrons. The molecule has 0 aliphatic carbocycles. The highest BCUT2D eigenvalue weighted by atomic mass is 32.1. The Hall–Kier alpha value is -1.73. The number of likely N-dealkylation sites (tertiary alicyclic amines) is 1. The van der Waals surface area contributed by atoms with Crippen molar-refractivity contribution >= 4 is 17.2 Å². The van der Waals surface area contributed by atoms with Gasteiger partial charge in [0.25, 0.3) is 5.91 Å². The number of rotatable bonds is 4. The molecule has 1 amide bonds. The van der Waals surface area contributed by atoms with Gasteiger partial charge in [0.1, 0.15) is 0 Å². The van der Waals surface area contributed by atoms with Crippen molar-refractivity contribution in [1.29, 1.82) is 0 Å². The van der Waals surface area contributed by atoms with E-state index in [9.17, 15) is 4.79 Å². The van der Waals surface area contributed by atoms with Gasteiger partial charge in [0.2, 0.25) is 0 Å². The number of hydrogen-bond donors (Lipinski definition) is 0. The van der Waals surface area contributed by atoms with E-state index in [2.05, 4.69) is 42.3 Å². The predicted octanol–water partition coefficient (Wildman–Crippen LogP) is 1.41. The molecular formula is C15H21N5OS. The summed E-state index contributed by atoms with van der Waals surface area (Å²) in [4.78, 5) is 17.8. The standard InChI is InChI=1S/C15H21N5OS/c1-11-7-19(10-14(11)18(2)3)15(21)13-9-20(17-16-13)8-12-5-4-6-22-12/h4-6,9,11,14H,7-8,10H2,1-3H3/t11-,14-/m0/s1. The van der Waals surface area contributed by atoms with Crippen LogP contribution in [0.5, 0.6) is 0 Å². The third-order valence-electron chi connectivity index (χ3n) is 4.18. The lowest BCUT2D eigenvalue weighted by atomic mass is 10.1. The van der Waals surface area contributed by atoms with Gasteiger partial charge in [-0.15, -0.1) is 16.4 Å². The van der Waals surface area contributed by atoms with Gasteiger partial charge in [0.15, 0.2) is 5.69 Å². The van der Waals surface area contributed by atoms with Crippen LogP contribution in [0.1, 0.15) is 22.3 Å². The lowest BCUT2D eigenvalue weighted by molar-refractivity contribution is 0.0775. The van der Waals surface area contributed by atoms with Crippen molar-refractivity contribution in [3.8, 4) is 0 Å². The van der Waals surface area contributed by atoms with E-state index >= 15 is 0 Å². The molecule has 22 heavy (non-hydrogen) atoms. The van der Waals surface area contributed by atoms with Gasteiger partial charge in [0, 0.05) is 24.0 Å². The molecular weight excluding hydrogens is 298 g/mol. The monoisotopic (exact) mass is 319 g/mol. The van der Waals surface area contributed by atoms with Crippen LogP contribution in [0.15, 0.2) is 23.7 Å². The number of nitrogens with zero attached hydrogens (tertiary/aromatic N) is 5. The maximum Gasteiger partial charge on any atom is 0.276 e. The van der Waals surface area contributed by atoms with Gasteiger partial charge in [-0.1, -0.05) is 18.2 Å². The van der Waals surface area contributed by atoms with Gasteiger partial charge in [-0.05, 0) is 31.5 Å². The molecule has 0 bridgehead atoms. The van der Waals surface area contributed by atoms with Gasteiger partial charge in [-0.2, -0.15) is 0 Å². The second kappa shape index (κ2) is 6.18. The van der Waals surface area contributed by atoms with Crippen LogP contribution in [0, 0.1) is 5.92 Å². The number of aromatic nitrogens is 3. The van der Waals surface area contributed by atoms with E-state index in [0.717, 1.165) is 13.1 Å². The molecule has 1 fully saturated rings. The van der Waals surface area contributed by atoms with Crippen LogP contribution in [0.4, 0.5) is 0 Å². The minimum atomic E-state index is -0.0198. The molecule has 1 aliphatic rings. The highest BCUT2D eigenvalue weighted by Crippen LogP contribution is 2.21. The molecule has 0 radical (unpaired) electrons. The SMILES string of the molecule is C[C@H]1CN(C(=O)c2cn(Cc3cccs3)nn2)C[C@@H]1N(C)C. The van der Waals surface area contributed by atoms with Crippen molar-refractivity contribution in [2.75, 3.05) is 27.2 Å². The number of hydrogen-bond acceptors (Lipinski definition) is 5. The van der Waals surface area contributed by atoms with E-state index < -0.39 is 0 Å². The Morgan fingerprint density at radius 2 is 2.27 bits per heavy atom. The zero-order chi connectivity index (χ0) is 15.7. The van der Waals surface area contributed by atoms with Gasteiger partial charge in [-0.3, -0.25) is 4.79 Å². The fourth-order valence-electron chi connectivity index (χ4n) is 2.99. The van der Waals surface area contributed by atoms with Crippen LogP contribution in [-0.2, 0) is 6.54 Å². The molecule has 2 aromatic rings. The van der Waals surface area contributed by atoms with Crippen molar-refractivity contribution in [3.63, 3.8) is 0 Å². The van der Waals surface area contributed by atoms with Crippen LogP contribution in [0.2, 0.25) is 0 Å². The average Bonchev–Trinajstić information content (AvgIpc) is 3.19. The third kappa shape index (κ3) is 3.05. The first-order chi connectivity index (χ1) is 10.5. The maximum atomic E-state index is 12.6. The molecule has 1 saturated heterocycles. The number of amides is 1. The first-order valence-electron chi connectivity index (χ1n) is 7.43. The summed E-state index contributed by atoms with van der Waals surface area (Å²) >= 11 is 1.68. The summed E-state index contributed by atoms with van der Waals surface area (Å²) < 4.78 is 1.72. The Balaban J connectivity index is 1.67. The second-order valence-corrected chi connectivity index (χ2v) is 7.13. The van der Waals surface area contributed by atoms with Crippen molar-refractivity contribution < 1.29 is 4.79 Å². The van der Waals surface area contributed by atoms with Crippen LogP contribution < -0.4 is 0 Å². The first kappa shape index (κ1) is 15.2. The van der Waals surface area contributed by atoms with Crippen LogP contribution in [-0.4, -0.2) is 63.9 Å². The van der Waals surface area contributed by atoms with E-state index in [4.69, 9.17) is 0 Å². The summed E-state index contributed by atoms with van der Waals surface area (Å²) in [5.41, 5.74) is 0.433. The van der Waals surface area contributed by atoms with Gasteiger partial charge >= 0.3 is 0 Å². The summed E-state index contributed by atoms with van der Waals surface area (Å²) in [5.74, 6) is 0.453. The maximum absolute atomic E-state index is 12.6. The first-order valence-corrected chi connectivity index (χ1v) is 8.31. The Morgan fingerprint density at radius 1 is 1.45 bits per heavy atom. The Labute approximate surface area is 134 Å². The summed E-state index contributed by atoms with van der Waals surface area (Å²) in [5, 5.41) is 10.2. The molecule has 1 aliphatic heterocycles. The van der Waals surface area contributed by atoms with E-state index in [0.29, 0.717) is 24.2 Å². The van der Waals surface area contributed by atoms with Crippen molar-refractivity contribution in [3.05, 3.63) is 34.3 Å². The highest BCUT2D eigenvalue weighted by molar-refractivity contribution is 7.09. The van der Waals surface area contributed by atoms with E-state index in [1.165, 1.54) is 4.88 Å². The van der Waals surface area contributed by atoms with E-state index in [1.807, 2.05) is 16.3 Å². The van der Waals surface area contributed by atoms with Crippen molar-refractivity contribution in [2.24, 2.45) is 5.92 Å². The third-order valence-corrected chi connectivity index (χ3v) is 5.04. The molecule has 7 heteroatoms. The fraction of sp³-hybridized carbons (Fsp3) is 0.533. The summed E-state index contributed by atoms with van der Waals surface area (Å²) in [6.07, 6.45) is 1.75. The minimum Gasteiger partial charge on any atom is -0.335 e. The Morgan fingerprint density at radius 3 is 2.91 bits per heavy atom. The average molecular weight is 319 g/mol. The molecule has 0 unspecified atom stereocenters. The number of carbonyl (C=O) groups excluding carboxylic acids is 1. The largest absolute Gasteiger partial charge is 0.335 e. The van der Waals surface area contributed by atoms with Crippen molar-refractivity contribution in [1.82, 2.24) is 24.8 Å².